The minimum absolute atomic E-state index is 0.578. The Balaban J connectivity index is 3.08. The van der Waals surface area contributed by atoms with Gasteiger partial charge >= 0.3 is 0 Å². The molecular weight excluding hydrogens is 168 g/mol. The SMILES string of the molecule is COCCOCCN(C)CCC#N. The van der Waals surface area contributed by atoms with Crippen LogP contribution in [0.1, 0.15) is 6.42 Å². The number of likely N-dealkylation sites (N-methyl/N-ethyl adjacent to an activating group) is 1. The second kappa shape index (κ2) is 9.46. The van der Waals surface area contributed by atoms with Gasteiger partial charge in [-0.1, -0.05) is 0 Å². The molecule has 0 saturated carbocycles. The maximum absolute atomic E-state index is 8.33. The van der Waals surface area contributed by atoms with Crippen molar-refractivity contribution in [2.75, 3.05) is 47.1 Å². The van der Waals surface area contributed by atoms with Gasteiger partial charge in [0.25, 0.3) is 0 Å². The van der Waals surface area contributed by atoms with E-state index in [1.807, 2.05) is 7.05 Å². The van der Waals surface area contributed by atoms with Crippen LogP contribution in [-0.4, -0.2) is 52.0 Å². The van der Waals surface area contributed by atoms with Crippen molar-refractivity contribution < 1.29 is 9.47 Å². The first kappa shape index (κ1) is 12.4. The normalized spacial score (nSPS) is 10.3. The molecule has 0 atom stereocenters. The molecule has 0 aromatic rings. The van der Waals surface area contributed by atoms with Crippen LogP contribution < -0.4 is 0 Å². The van der Waals surface area contributed by atoms with Crippen molar-refractivity contribution >= 4 is 0 Å². The number of methoxy groups -OCH3 is 1. The number of nitriles is 1. The van der Waals surface area contributed by atoms with E-state index in [1.165, 1.54) is 0 Å². The van der Waals surface area contributed by atoms with E-state index in [2.05, 4.69) is 11.0 Å². The van der Waals surface area contributed by atoms with Crippen LogP contribution >= 0.6 is 0 Å². The molecule has 4 nitrogen and oxygen atoms in total. The minimum atomic E-state index is 0.578. The second-order valence-corrected chi connectivity index (χ2v) is 2.82. The zero-order chi connectivity index (χ0) is 9.94. The van der Waals surface area contributed by atoms with Gasteiger partial charge in [0.05, 0.1) is 25.9 Å². The highest BCUT2D eigenvalue weighted by Gasteiger charge is 1.96. The summed E-state index contributed by atoms with van der Waals surface area (Å²) in [6.07, 6.45) is 0.578. The van der Waals surface area contributed by atoms with Gasteiger partial charge in [-0.3, -0.25) is 0 Å². The second-order valence-electron chi connectivity index (χ2n) is 2.82. The molecular formula is C9H18N2O2. The molecule has 0 aliphatic carbocycles. The van der Waals surface area contributed by atoms with Crippen molar-refractivity contribution in [2.24, 2.45) is 0 Å². The highest BCUT2D eigenvalue weighted by molar-refractivity contribution is 4.70. The topological polar surface area (TPSA) is 45.5 Å². The largest absolute Gasteiger partial charge is 0.382 e. The quantitative estimate of drug-likeness (QED) is 0.518. The summed E-state index contributed by atoms with van der Waals surface area (Å²) < 4.78 is 10.1. The maximum atomic E-state index is 8.33. The van der Waals surface area contributed by atoms with Crippen molar-refractivity contribution in [3.05, 3.63) is 0 Å². The first-order chi connectivity index (χ1) is 6.31. The van der Waals surface area contributed by atoms with E-state index in [0.29, 0.717) is 26.2 Å². The summed E-state index contributed by atoms with van der Waals surface area (Å²) >= 11 is 0. The Morgan fingerprint density at radius 1 is 1.23 bits per heavy atom. The third-order valence-corrected chi connectivity index (χ3v) is 1.65. The van der Waals surface area contributed by atoms with Crippen molar-refractivity contribution in [1.29, 1.82) is 5.26 Å². The number of hydrogen-bond donors (Lipinski definition) is 0. The van der Waals surface area contributed by atoms with E-state index in [4.69, 9.17) is 14.7 Å². The molecule has 0 unspecified atom stereocenters. The van der Waals surface area contributed by atoms with Crippen molar-refractivity contribution in [3.63, 3.8) is 0 Å². The average Bonchev–Trinajstić information content (AvgIpc) is 2.14. The molecule has 0 amide bonds. The molecule has 0 aliphatic heterocycles. The van der Waals surface area contributed by atoms with Gasteiger partial charge in [-0.05, 0) is 7.05 Å². The lowest BCUT2D eigenvalue weighted by Crippen LogP contribution is -2.24. The standard InChI is InChI=1S/C9H18N2O2/c1-11(5-3-4-10)6-7-13-9-8-12-2/h3,5-9H2,1-2H3. The highest BCUT2D eigenvalue weighted by atomic mass is 16.5. The molecule has 0 spiro atoms. The lowest BCUT2D eigenvalue weighted by molar-refractivity contribution is 0.0608. The van der Waals surface area contributed by atoms with Gasteiger partial charge in [0.15, 0.2) is 0 Å². The van der Waals surface area contributed by atoms with Crippen LogP contribution in [0.15, 0.2) is 0 Å². The Morgan fingerprint density at radius 3 is 2.62 bits per heavy atom. The molecule has 0 aromatic carbocycles. The Kier molecular flexibility index (Phi) is 9.00. The molecule has 0 heterocycles. The van der Waals surface area contributed by atoms with Gasteiger partial charge in [0.1, 0.15) is 0 Å². The lowest BCUT2D eigenvalue weighted by Gasteiger charge is -2.14. The molecule has 0 rings (SSSR count). The molecule has 13 heavy (non-hydrogen) atoms. The van der Waals surface area contributed by atoms with Gasteiger partial charge in [0, 0.05) is 26.6 Å². The van der Waals surface area contributed by atoms with Crippen LogP contribution in [-0.2, 0) is 9.47 Å². The van der Waals surface area contributed by atoms with E-state index in [9.17, 15) is 0 Å². The fraction of sp³-hybridized carbons (Fsp3) is 0.889. The van der Waals surface area contributed by atoms with Crippen molar-refractivity contribution in [2.45, 2.75) is 6.42 Å². The van der Waals surface area contributed by atoms with Crippen molar-refractivity contribution in [3.8, 4) is 6.07 Å². The zero-order valence-corrected chi connectivity index (χ0v) is 8.45. The average molecular weight is 186 g/mol. The van der Waals surface area contributed by atoms with Gasteiger partial charge in [-0.2, -0.15) is 5.26 Å². The summed E-state index contributed by atoms with van der Waals surface area (Å²) in [5, 5.41) is 8.33. The minimum Gasteiger partial charge on any atom is -0.382 e. The molecule has 76 valence electrons. The summed E-state index contributed by atoms with van der Waals surface area (Å²) in [5.74, 6) is 0. The Morgan fingerprint density at radius 2 is 2.00 bits per heavy atom. The summed E-state index contributed by atoms with van der Waals surface area (Å²) in [5.41, 5.74) is 0. The van der Waals surface area contributed by atoms with E-state index in [1.54, 1.807) is 7.11 Å². The summed E-state index contributed by atoms with van der Waals surface area (Å²) in [4.78, 5) is 2.08. The van der Waals surface area contributed by atoms with E-state index in [-0.39, 0.29) is 0 Å². The summed E-state index contributed by atoms with van der Waals surface area (Å²) in [6.45, 7) is 3.66. The molecule has 4 heteroatoms. The molecule has 0 aromatic heterocycles. The van der Waals surface area contributed by atoms with Crippen molar-refractivity contribution in [1.82, 2.24) is 4.90 Å². The van der Waals surface area contributed by atoms with Gasteiger partial charge < -0.3 is 14.4 Å². The lowest BCUT2D eigenvalue weighted by atomic mass is 10.4. The van der Waals surface area contributed by atoms with Crippen LogP contribution in [0, 0.1) is 11.3 Å². The van der Waals surface area contributed by atoms with Gasteiger partial charge in [-0.15, -0.1) is 0 Å². The Bertz CT molecular complexity index is 145. The maximum Gasteiger partial charge on any atom is 0.0700 e. The number of rotatable bonds is 8. The molecule has 0 aliphatic rings. The first-order valence-corrected chi connectivity index (χ1v) is 4.43. The number of ether oxygens (including phenoxy) is 2. The zero-order valence-electron chi connectivity index (χ0n) is 8.45. The van der Waals surface area contributed by atoms with Crippen LogP contribution in [0.3, 0.4) is 0 Å². The van der Waals surface area contributed by atoms with E-state index in [0.717, 1.165) is 13.1 Å². The van der Waals surface area contributed by atoms with Gasteiger partial charge in [0.2, 0.25) is 0 Å². The van der Waals surface area contributed by atoms with Crippen LogP contribution in [0.5, 0.6) is 0 Å². The number of nitrogens with zero attached hydrogens (tertiary/aromatic N) is 2. The predicted molar refractivity (Wildman–Crippen MR) is 50.4 cm³/mol. The molecule has 0 saturated heterocycles. The van der Waals surface area contributed by atoms with E-state index >= 15 is 0 Å². The molecule has 0 N–H and O–H groups in total. The Hall–Kier alpha value is -0.630. The molecule has 0 radical (unpaired) electrons. The first-order valence-electron chi connectivity index (χ1n) is 4.43. The van der Waals surface area contributed by atoms with Crippen LogP contribution in [0.25, 0.3) is 0 Å². The summed E-state index contributed by atoms with van der Waals surface area (Å²) in [7, 11) is 3.64. The Labute approximate surface area is 80.0 Å². The smallest absolute Gasteiger partial charge is 0.0700 e. The third-order valence-electron chi connectivity index (χ3n) is 1.65. The van der Waals surface area contributed by atoms with Gasteiger partial charge in [-0.25, -0.2) is 0 Å². The highest BCUT2D eigenvalue weighted by Crippen LogP contribution is 1.86. The fourth-order valence-corrected chi connectivity index (χ4v) is 0.817. The monoisotopic (exact) mass is 186 g/mol. The fourth-order valence-electron chi connectivity index (χ4n) is 0.817. The predicted octanol–water partition coefficient (Wildman–Crippen LogP) is 0.495. The van der Waals surface area contributed by atoms with Crippen LogP contribution in [0.4, 0.5) is 0 Å². The molecule has 0 bridgehead atoms. The third kappa shape index (κ3) is 9.28. The van der Waals surface area contributed by atoms with Crippen LogP contribution in [0.2, 0.25) is 0 Å². The summed E-state index contributed by atoms with van der Waals surface area (Å²) in [6, 6.07) is 2.11. The molecule has 0 fully saturated rings. The number of hydrogen-bond acceptors (Lipinski definition) is 4. The van der Waals surface area contributed by atoms with E-state index < -0.39 is 0 Å².